The fourth-order valence-electron chi connectivity index (χ4n) is 3.42. The van der Waals surface area contributed by atoms with Crippen LogP contribution in [0.1, 0.15) is 15.9 Å². The molecule has 33 heavy (non-hydrogen) atoms. The van der Waals surface area contributed by atoms with Crippen molar-refractivity contribution in [3.63, 3.8) is 0 Å². The van der Waals surface area contributed by atoms with Gasteiger partial charge < -0.3 is 9.47 Å². The lowest BCUT2D eigenvalue weighted by Gasteiger charge is -2.13. The molecule has 0 N–H and O–H groups in total. The molecule has 0 unspecified atom stereocenters. The van der Waals surface area contributed by atoms with Gasteiger partial charge >= 0.3 is 0 Å². The minimum Gasteiger partial charge on any atom is -0.496 e. The smallest absolute Gasteiger partial charge is 0.216 e. The van der Waals surface area contributed by atoms with E-state index in [4.69, 9.17) is 32.7 Å². The number of carbonyl (C=O) groups is 1. The molecule has 0 aliphatic heterocycles. The van der Waals surface area contributed by atoms with Crippen LogP contribution < -0.4 is 9.47 Å². The van der Waals surface area contributed by atoms with Gasteiger partial charge in [-0.05, 0) is 25.1 Å². The fraction of sp³-hybridized carbons (Fsp3) is 0.0800. The SMILES string of the molecule is [CH2]c1ccc(-c2cccc(-c3ncnc(-c4ccc(C=O)c(OC)c4)c3Cl)c2Cl)nc1OC. The standard InChI is InChI=1S/C25H18Cl2N3O3/c1-14-7-10-19(30-25(14)33-3)17-5-4-6-18(21(17)26)24-22(27)23(28-13-29-24)15-8-9-16(12-31)20(11-15)32-2/h4-13H,1H2,2-3H3. The highest BCUT2D eigenvalue weighted by molar-refractivity contribution is 6.38. The van der Waals surface area contributed by atoms with Gasteiger partial charge in [0, 0.05) is 22.3 Å². The zero-order valence-electron chi connectivity index (χ0n) is 17.8. The van der Waals surface area contributed by atoms with Crippen LogP contribution in [0.5, 0.6) is 11.6 Å². The largest absolute Gasteiger partial charge is 0.496 e. The molecular formula is C25H18Cl2N3O3. The van der Waals surface area contributed by atoms with Crippen LogP contribution in [0.2, 0.25) is 10.0 Å². The van der Waals surface area contributed by atoms with Crippen molar-refractivity contribution in [2.75, 3.05) is 14.2 Å². The third-order valence-electron chi connectivity index (χ3n) is 5.09. The lowest BCUT2D eigenvalue weighted by atomic mass is 10.0. The van der Waals surface area contributed by atoms with Gasteiger partial charge in [0.1, 0.15) is 12.1 Å². The lowest BCUT2D eigenvalue weighted by molar-refractivity contribution is 0.112. The molecule has 0 saturated heterocycles. The minimum atomic E-state index is 0.316. The number of aromatic nitrogens is 3. The van der Waals surface area contributed by atoms with E-state index < -0.39 is 0 Å². The number of aldehydes is 1. The van der Waals surface area contributed by atoms with Crippen molar-refractivity contribution < 1.29 is 14.3 Å². The van der Waals surface area contributed by atoms with Crippen molar-refractivity contribution in [3.05, 3.63) is 83.0 Å². The fourth-order valence-corrected chi connectivity index (χ4v) is 4.04. The van der Waals surface area contributed by atoms with E-state index in [2.05, 4.69) is 21.9 Å². The molecule has 0 amide bonds. The van der Waals surface area contributed by atoms with Crippen molar-refractivity contribution >= 4 is 29.5 Å². The van der Waals surface area contributed by atoms with Crippen LogP contribution in [0.15, 0.2) is 54.9 Å². The van der Waals surface area contributed by atoms with Gasteiger partial charge in [0.25, 0.3) is 0 Å². The summed E-state index contributed by atoms with van der Waals surface area (Å²) >= 11 is 13.5. The van der Waals surface area contributed by atoms with E-state index in [0.717, 1.165) is 6.29 Å². The van der Waals surface area contributed by atoms with Crippen LogP contribution in [0.3, 0.4) is 0 Å². The molecule has 6 nitrogen and oxygen atoms in total. The maximum atomic E-state index is 11.2. The van der Waals surface area contributed by atoms with Crippen LogP contribution >= 0.6 is 23.2 Å². The van der Waals surface area contributed by atoms with E-state index in [9.17, 15) is 4.79 Å². The summed E-state index contributed by atoms with van der Waals surface area (Å²) in [6, 6.07) is 14.3. The Morgan fingerprint density at radius 2 is 1.67 bits per heavy atom. The third-order valence-corrected chi connectivity index (χ3v) is 5.85. The Balaban J connectivity index is 1.83. The molecule has 0 spiro atoms. The highest BCUT2D eigenvalue weighted by Crippen LogP contribution is 2.41. The number of methoxy groups -OCH3 is 2. The number of ether oxygens (including phenoxy) is 2. The molecule has 2 heterocycles. The Morgan fingerprint density at radius 3 is 2.39 bits per heavy atom. The van der Waals surface area contributed by atoms with Crippen molar-refractivity contribution in [2.24, 2.45) is 0 Å². The normalized spacial score (nSPS) is 10.7. The number of benzene rings is 2. The number of halogens is 2. The molecule has 0 bridgehead atoms. The van der Waals surface area contributed by atoms with Crippen molar-refractivity contribution in [1.82, 2.24) is 15.0 Å². The second kappa shape index (κ2) is 9.57. The summed E-state index contributed by atoms with van der Waals surface area (Å²) in [6.45, 7) is 3.90. The van der Waals surface area contributed by atoms with Gasteiger partial charge in [-0.15, -0.1) is 0 Å². The Labute approximate surface area is 201 Å². The molecule has 4 rings (SSSR count). The van der Waals surface area contributed by atoms with Gasteiger partial charge in [-0.1, -0.05) is 53.5 Å². The molecule has 0 saturated carbocycles. The first-order chi connectivity index (χ1) is 16.0. The van der Waals surface area contributed by atoms with Gasteiger partial charge in [-0.3, -0.25) is 4.79 Å². The van der Waals surface area contributed by atoms with E-state index in [-0.39, 0.29) is 0 Å². The predicted molar refractivity (Wildman–Crippen MR) is 129 cm³/mol. The summed E-state index contributed by atoms with van der Waals surface area (Å²) in [6.07, 6.45) is 2.14. The highest BCUT2D eigenvalue weighted by Gasteiger charge is 2.19. The van der Waals surface area contributed by atoms with Crippen molar-refractivity contribution in [1.29, 1.82) is 0 Å². The number of rotatable bonds is 6. The van der Waals surface area contributed by atoms with Gasteiger partial charge in [-0.2, -0.15) is 0 Å². The topological polar surface area (TPSA) is 74.2 Å². The summed E-state index contributed by atoms with van der Waals surface area (Å²) in [5.74, 6) is 0.844. The molecule has 4 aromatic rings. The Kier molecular flexibility index (Phi) is 6.58. The van der Waals surface area contributed by atoms with Crippen LogP contribution in [0.25, 0.3) is 33.8 Å². The molecule has 0 aliphatic carbocycles. The van der Waals surface area contributed by atoms with Crippen molar-refractivity contribution in [3.8, 4) is 45.4 Å². The summed E-state index contributed by atoms with van der Waals surface area (Å²) in [4.78, 5) is 24.5. The number of carbonyl (C=O) groups excluding carboxylic acids is 1. The molecule has 0 fully saturated rings. The summed E-state index contributed by atoms with van der Waals surface area (Å²) in [5, 5.41) is 0.750. The lowest BCUT2D eigenvalue weighted by Crippen LogP contribution is -1.97. The van der Waals surface area contributed by atoms with Gasteiger partial charge in [0.05, 0.1) is 46.9 Å². The van der Waals surface area contributed by atoms with Crippen molar-refractivity contribution in [2.45, 2.75) is 0 Å². The number of nitrogens with zero attached hydrogens (tertiary/aromatic N) is 3. The Bertz CT molecular complexity index is 1360. The third kappa shape index (κ3) is 4.27. The summed E-state index contributed by atoms with van der Waals surface area (Å²) < 4.78 is 10.6. The summed E-state index contributed by atoms with van der Waals surface area (Å²) in [5.41, 5.74) is 4.68. The monoisotopic (exact) mass is 478 g/mol. The van der Waals surface area contributed by atoms with Crippen LogP contribution in [0.4, 0.5) is 0 Å². The number of hydrogen-bond donors (Lipinski definition) is 0. The van der Waals surface area contributed by atoms with E-state index in [0.29, 0.717) is 66.6 Å². The summed E-state index contributed by atoms with van der Waals surface area (Å²) in [7, 11) is 3.03. The predicted octanol–water partition coefficient (Wildman–Crippen LogP) is 6.19. The van der Waals surface area contributed by atoms with E-state index in [1.807, 2.05) is 30.3 Å². The second-order valence-electron chi connectivity index (χ2n) is 6.99. The molecular weight excluding hydrogens is 461 g/mol. The van der Waals surface area contributed by atoms with Crippen LogP contribution in [-0.2, 0) is 0 Å². The molecule has 0 aliphatic rings. The first-order valence-electron chi connectivity index (χ1n) is 9.78. The Morgan fingerprint density at radius 1 is 0.909 bits per heavy atom. The number of pyridine rings is 1. The van der Waals surface area contributed by atoms with Gasteiger partial charge in [-0.25, -0.2) is 15.0 Å². The average molecular weight is 479 g/mol. The molecule has 8 heteroatoms. The maximum Gasteiger partial charge on any atom is 0.216 e. The average Bonchev–Trinajstić information content (AvgIpc) is 2.84. The second-order valence-corrected chi connectivity index (χ2v) is 7.75. The van der Waals surface area contributed by atoms with E-state index in [1.165, 1.54) is 20.5 Å². The van der Waals surface area contributed by atoms with Crippen LogP contribution in [-0.4, -0.2) is 35.5 Å². The zero-order valence-corrected chi connectivity index (χ0v) is 19.3. The highest BCUT2D eigenvalue weighted by atomic mass is 35.5. The van der Waals surface area contributed by atoms with E-state index >= 15 is 0 Å². The quantitative estimate of drug-likeness (QED) is 0.307. The van der Waals surface area contributed by atoms with Gasteiger partial charge in [0.15, 0.2) is 6.29 Å². The Hall–Kier alpha value is -3.48. The van der Waals surface area contributed by atoms with Gasteiger partial charge in [0.2, 0.25) is 5.88 Å². The number of hydrogen-bond acceptors (Lipinski definition) is 6. The minimum absolute atomic E-state index is 0.316. The molecule has 1 radical (unpaired) electrons. The first-order valence-corrected chi connectivity index (χ1v) is 10.5. The molecule has 0 atom stereocenters. The molecule has 2 aromatic heterocycles. The molecule has 165 valence electrons. The molecule has 2 aromatic carbocycles. The van der Waals surface area contributed by atoms with E-state index in [1.54, 1.807) is 18.2 Å². The maximum absolute atomic E-state index is 11.2. The van der Waals surface area contributed by atoms with Crippen LogP contribution in [0, 0.1) is 6.92 Å². The zero-order chi connectivity index (χ0) is 23.5. The first kappa shape index (κ1) is 22.7.